The van der Waals surface area contributed by atoms with Gasteiger partial charge in [0.1, 0.15) is 18.5 Å². The normalized spacial score (nSPS) is 10.8. The fourth-order valence-corrected chi connectivity index (χ4v) is 1.77. The monoisotopic (exact) mass is 290 g/mol. The molecule has 0 saturated heterocycles. The molecule has 0 saturated carbocycles. The van der Waals surface area contributed by atoms with Crippen LogP contribution in [0, 0.1) is 12.7 Å². The highest BCUT2D eigenvalue weighted by Gasteiger charge is 2.10. The molecule has 0 N–H and O–H groups in total. The second-order valence-corrected chi connectivity index (χ2v) is 4.37. The Labute approximate surface area is 118 Å². The molecule has 0 fully saturated rings. The van der Waals surface area contributed by atoms with Crippen molar-refractivity contribution in [3.8, 4) is 17.3 Å². The minimum Gasteiger partial charge on any atom is -0.223 e. The molecule has 0 bridgehead atoms. The third-order valence-electron chi connectivity index (χ3n) is 2.65. The first kappa shape index (κ1) is 12.6. The van der Waals surface area contributed by atoms with Gasteiger partial charge in [0.2, 0.25) is 5.28 Å². The first-order valence-corrected chi connectivity index (χ1v) is 6.04. The molecule has 6 nitrogen and oxygen atoms in total. The van der Waals surface area contributed by atoms with E-state index in [0.29, 0.717) is 11.1 Å². The quantitative estimate of drug-likeness (QED) is 0.724. The van der Waals surface area contributed by atoms with E-state index in [2.05, 4.69) is 25.0 Å². The minimum atomic E-state index is -0.332. The average Bonchev–Trinajstić information content (AvgIpc) is 2.95. The number of halogens is 2. The Morgan fingerprint density at radius 1 is 1.20 bits per heavy atom. The maximum atomic E-state index is 13.6. The lowest BCUT2D eigenvalue weighted by atomic mass is 10.1. The van der Waals surface area contributed by atoms with E-state index in [1.54, 1.807) is 19.1 Å². The molecule has 0 amide bonds. The predicted molar refractivity (Wildman–Crippen MR) is 69.9 cm³/mol. The Morgan fingerprint density at radius 2 is 2.05 bits per heavy atom. The van der Waals surface area contributed by atoms with Crippen molar-refractivity contribution in [1.29, 1.82) is 0 Å². The van der Waals surface area contributed by atoms with Crippen molar-refractivity contribution in [3.05, 3.63) is 47.5 Å². The van der Waals surface area contributed by atoms with Crippen molar-refractivity contribution in [2.24, 2.45) is 0 Å². The van der Waals surface area contributed by atoms with E-state index in [4.69, 9.17) is 11.6 Å². The lowest BCUT2D eigenvalue weighted by molar-refractivity contribution is 0.619. The van der Waals surface area contributed by atoms with Crippen LogP contribution in [-0.2, 0) is 0 Å². The SMILES string of the molecule is Cc1ccc(-c2nc(Cl)nc(-n3cncn3)n2)cc1F. The zero-order valence-electron chi connectivity index (χ0n) is 10.3. The average molecular weight is 291 g/mol. The van der Waals surface area contributed by atoms with Crippen LogP contribution in [0.15, 0.2) is 30.9 Å². The molecule has 0 aliphatic rings. The number of aromatic nitrogens is 6. The van der Waals surface area contributed by atoms with Crippen molar-refractivity contribution in [1.82, 2.24) is 29.7 Å². The Morgan fingerprint density at radius 3 is 2.75 bits per heavy atom. The smallest absolute Gasteiger partial charge is 0.223 e. The highest BCUT2D eigenvalue weighted by atomic mass is 35.5. The molecule has 100 valence electrons. The Hall–Kier alpha value is -2.41. The molecule has 0 spiro atoms. The third kappa shape index (κ3) is 2.35. The molecule has 2 aromatic heterocycles. The molecule has 1 aromatic carbocycles. The van der Waals surface area contributed by atoms with Crippen LogP contribution in [-0.4, -0.2) is 29.7 Å². The van der Waals surface area contributed by atoms with Crippen LogP contribution in [0.3, 0.4) is 0 Å². The first-order chi connectivity index (χ1) is 9.63. The third-order valence-corrected chi connectivity index (χ3v) is 2.82. The number of aryl methyl sites for hydroxylation is 1. The van der Waals surface area contributed by atoms with Gasteiger partial charge in [-0.3, -0.25) is 0 Å². The van der Waals surface area contributed by atoms with Crippen LogP contribution in [0.25, 0.3) is 17.3 Å². The molecule has 3 aromatic rings. The van der Waals surface area contributed by atoms with Crippen LogP contribution < -0.4 is 0 Å². The van der Waals surface area contributed by atoms with E-state index in [-0.39, 0.29) is 22.9 Å². The second kappa shape index (κ2) is 4.93. The van der Waals surface area contributed by atoms with Gasteiger partial charge in [0.05, 0.1) is 0 Å². The first-order valence-electron chi connectivity index (χ1n) is 5.66. The van der Waals surface area contributed by atoms with Crippen molar-refractivity contribution >= 4 is 11.6 Å². The van der Waals surface area contributed by atoms with Crippen LogP contribution in [0.4, 0.5) is 4.39 Å². The van der Waals surface area contributed by atoms with Crippen LogP contribution in [0.2, 0.25) is 5.28 Å². The van der Waals surface area contributed by atoms with Gasteiger partial charge >= 0.3 is 0 Å². The molecule has 3 rings (SSSR count). The Kier molecular flexibility index (Phi) is 3.11. The van der Waals surface area contributed by atoms with Crippen molar-refractivity contribution < 1.29 is 4.39 Å². The van der Waals surface area contributed by atoms with Gasteiger partial charge in [0.25, 0.3) is 5.95 Å². The number of benzene rings is 1. The Bertz CT molecular complexity index is 759. The molecule has 20 heavy (non-hydrogen) atoms. The molecule has 8 heteroatoms. The van der Waals surface area contributed by atoms with E-state index in [1.807, 2.05) is 0 Å². The van der Waals surface area contributed by atoms with Gasteiger partial charge < -0.3 is 0 Å². The molecule has 0 unspecified atom stereocenters. The van der Waals surface area contributed by atoms with Crippen LogP contribution in [0.1, 0.15) is 5.56 Å². The van der Waals surface area contributed by atoms with Crippen LogP contribution in [0.5, 0.6) is 0 Å². The molecule has 0 aliphatic heterocycles. The summed E-state index contributed by atoms with van der Waals surface area (Å²) in [7, 11) is 0. The molecule has 2 heterocycles. The van der Waals surface area contributed by atoms with Crippen molar-refractivity contribution in [3.63, 3.8) is 0 Å². The summed E-state index contributed by atoms with van der Waals surface area (Å²) in [4.78, 5) is 16.0. The van der Waals surface area contributed by atoms with Gasteiger partial charge in [-0.1, -0.05) is 12.1 Å². The number of hydrogen-bond acceptors (Lipinski definition) is 5. The van der Waals surface area contributed by atoms with E-state index < -0.39 is 0 Å². The van der Waals surface area contributed by atoms with E-state index >= 15 is 0 Å². The standard InChI is InChI=1S/C12H8ClFN6/c1-7-2-3-8(4-9(7)14)10-17-11(13)19-12(18-10)20-6-15-5-16-20/h2-6H,1H3. The van der Waals surface area contributed by atoms with Gasteiger partial charge in [0.15, 0.2) is 5.82 Å². The zero-order chi connectivity index (χ0) is 14.1. The predicted octanol–water partition coefficient (Wildman–Crippen LogP) is 2.22. The molecule has 0 radical (unpaired) electrons. The summed E-state index contributed by atoms with van der Waals surface area (Å²) >= 11 is 5.87. The van der Waals surface area contributed by atoms with Crippen molar-refractivity contribution in [2.75, 3.05) is 0 Å². The number of hydrogen-bond donors (Lipinski definition) is 0. The van der Waals surface area contributed by atoms with E-state index in [9.17, 15) is 4.39 Å². The zero-order valence-corrected chi connectivity index (χ0v) is 11.1. The number of nitrogens with zero attached hydrogens (tertiary/aromatic N) is 6. The fraction of sp³-hybridized carbons (Fsp3) is 0.0833. The van der Waals surface area contributed by atoms with Gasteiger partial charge in [-0.25, -0.2) is 9.37 Å². The summed E-state index contributed by atoms with van der Waals surface area (Å²) in [6.45, 7) is 1.68. The topological polar surface area (TPSA) is 69.4 Å². The summed E-state index contributed by atoms with van der Waals surface area (Å²) in [5.74, 6) is 0.161. The minimum absolute atomic E-state index is 0.00137. The second-order valence-electron chi connectivity index (χ2n) is 4.03. The lowest BCUT2D eigenvalue weighted by Crippen LogP contribution is -2.05. The highest BCUT2D eigenvalue weighted by molar-refractivity contribution is 6.28. The highest BCUT2D eigenvalue weighted by Crippen LogP contribution is 2.20. The van der Waals surface area contributed by atoms with E-state index in [0.717, 1.165) is 0 Å². The molecule has 0 aliphatic carbocycles. The molecular formula is C12H8ClFN6. The summed E-state index contributed by atoms with van der Waals surface area (Å²) in [6, 6.07) is 4.72. The summed E-state index contributed by atoms with van der Waals surface area (Å²) < 4.78 is 15.0. The maximum Gasteiger partial charge on any atom is 0.256 e. The molecule has 0 atom stereocenters. The van der Waals surface area contributed by atoms with Crippen LogP contribution >= 0.6 is 11.6 Å². The van der Waals surface area contributed by atoms with E-state index in [1.165, 1.54) is 23.4 Å². The summed E-state index contributed by atoms with van der Waals surface area (Å²) in [6.07, 6.45) is 2.79. The van der Waals surface area contributed by atoms with Gasteiger partial charge in [-0.2, -0.15) is 24.7 Å². The Balaban J connectivity index is 2.12. The van der Waals surface area contributed by atoms with Gasteiger partial charge in [-0.15, -0.1) is 0 Å². The van der Waals surface area contributed by atoms with Gasteiger partial charge in [-0.05, 0) is 30.2 Å². The summed E-state index contributed by atoms with van der Waals surface area (Å²) in [5, 5.41) is 3.92. The number of rotatable bonds is 2. The lowest BCUT2D eigenvalue weighted by Gasteiger charge is -2.05. The maximum absolute atomic E-state index is 13.6. The fourth-order valence-electron chi connectivity index (χ4n) is 1.61. The van der Waals surface area contributed by atoms with Crippen molar-refractivity contribution in [2.45, 2.75) is 6.92 Å². The van der Waals surface area contributed by atoms with Gasteiger partial charge in [0, 0.05) is 5.56 Å². The summed E-state index contributed by atoms with van der Waals surface area (Å²) in [5.41, 5.74) is 1.06. The largest absolute Gasteiger partial charge is 0.256 e. The molecular weight excluding hydrogens is 283 g/mol.